The summed E-state index contributed by atoms with van der Waals surface area (Å²) in [7, 11) is 0. The van der Waals surface area contributed by atoms with E-state index in [2.05, 4.69) is 13.0 Å². The van der Waals surface area contributed by atoms with Crippen LogP contribution in [0.4, 0.5) is 0 Å². The molecule has 0 fully saturated rings. The average molecular weight is 192 g/mol. The summed E-state index contributed by atoms with van der Waals surface area (Å²) in [6.45, 7) is 2.14. The van der Waals surface area contributed by atoms with Crippen molar-refractivity contribution in [3.05, 3.63) is 23.2 Å². The zero-order valence-corrected chi connectivity index (χ0v) is 8.64. The third-order valence-corrected chi connectivity index (χ3v) is 2.77. The van der Waals surface area contributed by atoms with Crippen molar-refractivity contribution >= 4 is 5.78 Å². The van der Waals surface area contributed by atoms with Crippen LogP contribution in [0.25, 0.3) is 0 Å². The van der Waals surface area contributed by atoms with Gasteiger partial charge in [-0.3, -0.25) is 4.79 Å². The number of ketones is 1. The van der Waals surface area contributed by atoms with E-state index in [-0.39, 0.29) is 5.78 Å². The molecule has 0 aromatic rings. The molecule has 14 heavy (non-hydrogen) atoms. The monoisotopic (exact) mass is 192 g/mol. The van der Waals surface area contributed by atoms with Crippen molar-refractivity contribution < 1.29 is 9.53 Å². The summed E-state index contributed by atoms with van der Waals surface area (Å²) in [5.74, 6) is 2.30. The molecule has 0 aromatic carbocycles. The van der Waals surface area contributed by atoms with Gasteiger partial charge in [0, 0.05) is 31.3 Å². The van der Waals surface area contributed by atoms with E-state index in [4.69, 9.17) is 4.74 Å². The van der Waals surface area contributed by atoms with Crippen LogP contribution in [-0.2, 0) is 9.53 Å². The fraction of sp³-hybridized carbons (Fsp3) is 0.583. The quantitative estimate of drug-likeness (QED) is 0.672. The molecule has 0 radical (unpaired) electrons. The second kappa shape index (κ2) is 3.99. The number of carbonyl (C=O) groups excluding carboxylic acids is 1. The zero-order valence-electron chi connectivity index (χ0n) is 8.64. The van der Waals surface area contributed by atoms with E-state index >= 15 is 0 Å². The summed E-state index contributed by atoms with van der Waals surface area (Å²) in [6.07, 6.45) is 7.56. The molecule has 1 aliphatic heterocycles. The van der Waals surface area contributed by atoms with Crippen molar-refractivity contribution in [3.63, 3.8) is 0 Å². The molecule has 0 spiro atoms. The predicted octanol–water partition coefficient (Wildman–Crippen LogP) is 3.10. The fourth-order valence-corrected chi connectivity index (χ4v) is 2.02. The van der Waals surface area contributed by atoms with Gasteiger partial charge in [0.05, 0.1) is 5.76 Å². The first-order valence-electron chi connectivity index (χ1n) is 5.43. The molecule has 0 N–H and O–H groups in total. The topological polar surface area (TPSA) is 26.3 Å². The number of hydrogen-bond acceptors (Lipinski definition) is 2. The van der Waals surface area contributed by atoms with Crippen LogP contribution in [0.5, 0.6) is 0 Å². The van der Waals surface area contributed by atoms with Crippen molar-refractivity contribution in [3.8, 4) is 0 Å². The maximum atomic E-state index is 11.5. The van der Waals surface area contributed by atoms with Gasteiger partial charge in [-0.05, 0) is 18.9 Å². The van der Waals surface area contributed by atoms with E-state index in [1.54, 1.807) is 0 Å². The highest BCUT2D eigenvalue weighted by atomic mass is 16.5. The number of carbonyl (C=O) groups is 1. The minimum Gasteiger partial charge on any atom is -0.466 e. The summed E-state index contributed by atoms with van der Waals surface area (Å²) in [5.41, 5.74) is 0.927. The highest BCUT2D eigenvalue weighted by Gasteiger charge is 2.24. The van der Waals surface area contributed by atoms with E-state index in [0.29, 0.717) is 6.42 Å². The van der Waals surface area contributed by atoms with Crippen LogP contribution in [0, 0.1) is 0 Å². The zero-order chi connectivity index (χ0) is 9.97. The van der Waals surface area contributed by atoms with Crippen LogP contribution in [0.3, 0.4) is 0 Å². The van der Waals surface area contributed by atoms with Crippen LogP contribution in [0.2, 0.25) is 0 Å². The summed E-state index contributed by atoms with van der Waals surface area (Å²) >= 11 is 0. The van der Waals surface area contributed by atoms with E-state index in [0.717, 1.165) is 49.2 Å². The van der Waals surface area contributed by atoms with Gasteiger partial charge in [-0.15, -0.1) is 0 Å². The van der Waals surface area contributed by atoms with Crippen LogP contribution in [0.1, 0.15) is 45.4 Å². The SMILES string of the molecule is CCCC1=CCC2=C(CCCC2=O)O1. The van der Waals surface area contributed by atoms with Gasteiger partial charge in [-0.1, -0.05) is 6.92 Å². The van der Waals surface area contributed by atoms with E-state index in [9.17, 15) is 4.79 Å². The lowest BCUT2D eigenvalue weighted by Gasteiger charge is -2.24. The Morgan fingerprint density at radius 3 is 3.07 bits per heavy atom. The van der Waals surface area contributed by atoms with Gasteiger partial charge in [-0.25, -0.2) is 0 Å². The third-order valence-electron chi connectivity index (χ3n) is 2.77. The number of allylic oxidation sites excluding steroid dienone is 4. The van der Waals surface area contributed by atoms with Gasteiger partial charge in [0.2, 0.25) is 0 Å². The van der Waals surface area contributed by atoms with Crippen LogP contribution in [-0.4, -0.2) is 5.78 Å². The van der Waals surface area contributed by atoms with Crippen LogP contribution >= 0.6 is 0 Å². The maximum absolute atomic E-state index is 11.5. The highest BCUT2D eigenvalue weighted by molar-refractivity contribution is 5.97. The molecular weight excluding hydrogens is 176 g/mol. The molecule has 2 aliphatic rings. The van der Waals surface area contributed by atoms with Crippen molar-refractivity contribution in [1.82, 2.24) is 0 Å². The highest BCUT2D eigenvalue weighted by Crippen LogP contribution is 2.32. The number of ether oxygens (including phenoxy) is 1. The van der Waals surface area contributed by atoms with Crippen LogP contribution in [0.15, 0.2) is 23.2 Å². The third kappa shape index (κ3) is 1.74. The normalized spacial score (nSPS) is 21.5. The molecule has 2 rings (SSSR count). The van der Waals surface area contributed by atoms with E-state index in [1.807, 2.05) is 0 Å². The van der Waals surface area contributed by atoms with Crippen molar-refractivity contribution in [2.75, 3.05) is 0 Å². The van der Waals surface area contributed by atoms with Crippen molar-refractivity contribution in [1.29, 1.82) is 0 Å². The van der Waals surface area contributed by atoms with Crippen molar-refractivity contribution in [2.24, 2.45) is 0 Å². The molecule has 0 saturated carbocycles. The molecule has 0 amide bonds. The summed E-state index contributed by atoms with van der Waals surface area (Å²) < 4.78 is 5.72. The van der Waals surface area contributed by atoms with E-state index in [1.165, 1.54) is 0 Å². The summed E-state index contributed by atoms with van der Waals surface area (Å²) in [6, 6.07) is 0. The van der Waals surface area contributed by atoms with Gasteiger partial charge in [-0.2, -0.15) is 0 Å². The standard InChI is InChI=1S/C12H16O2/c1-2-4-9-7-8-10-11(13)5-3-6-12(10)14-9/h7H,2-6,8H2,1H3. The second-order valence-electron chi connectivity index (χ2n) is 3.91. The molecule has 0 atom stereocenters. The Morgan fingerprint density at radius 2 is 2.29 bits per heavy atom. The molecule has 1 heterocycles. The lowest BCUT2D eigenvalue weighted by molar-refractivity contribution is -0.116. The lowest BCUT2D eigenvalue weighted by atomic mass is 9.92. The Morgan fingerprint density at radius 1 is 1.43 bits per heavy atom. The van der Waals surface area contributed by atoms with Gasteiger partial charge >= 0.3 is 0 Å². The lowest BCUT2D eigenvalue weighted by Crippen LogP contribution is -2.16. The Labute approximate surface area is 84.6 Å². The van der Waals surface area contributed by atoms with E-state index < -0.39 is 0 Å². The second-order valence-corrected chi connectivity index (χ2v) is 3.91. The maximum Gasteiger partial charge on any atom is 0.162 e. The summed E-state index contributed by atoms with van der Waals surface area (Å²) in [4.78, 5) is 11.5. The largest absolute Gasteiger partial charge is 0.466 e. The summed E-state index contributed by atoms with van der Waals surface area (Å²) in [5, 5.41) is 0. The molecular formula is C12H16O2. The molecule has 0 bridgehead atoms. The van der Waals surface area contributed by atoms with Crippen molar-refractivity contribution in [2.45, 2.75) is 45.4 Å². The smallest absolute Gasteiger partial charge is 0.162 e. The molecule has 76 valence electrons. The Kier molecular flexibility index (Phi) is 2.71. The Hall–Kier alpha value is -1.05. The average Bonchev–Trinajstić information content (AvgIpc) is 2.18. The van der Waals surface area contributed by atoms with Gasteiger partial charge in [0.15, 0.2) is 5.78 Å². The first kappa shape index (κ1) is 9.50. The minimum atomic E-state index is 0.290. The molecule has 1 aliphatic carbocycles. The number of Topliss-reactive ketones (excluding diaryl/α,β-unsaturated/α-hetero) is 1. The fourth-order valence-electron chi connectivity index (χ4n) is 2.02. The number of hydrogen-bond donors (Lipinski definition) is 0. The first-order chi connectivity index (χ1) is 6.81. The van der Waals surface area contributed by atoms with Crippen LogP contribution < -0.4 is 0 Å². The molecule has 2 nitrogen and oxygen atoms in total. The van der Waals surface area contributed by atoms with Gasteiger partial charge < -0.3 is 4.74 Å². The molecule has 2 heteroatoms. The van der Waals surface area contributed by atoms with Gasteiger partial charge in [0.1, 0.15) is 5.76 Å². The Bertz CT molecular complexity index is 310. The molecule has 0 unspecified atom stereocenters. The predicted molar refractivity (Wildman–Crippen MR) is 54.6 cm³/mol. The molecule has 0 aromatic heterocycles. The van der Waals surface area contributed by atoms with Gasteiger partial charge in [0.25, 0.3) is 0 Å². The molecule has 0 saturated heterocycles. The first-order valence-corrected chi connectivity index (χ1v) is 5.43. The number of rotatable bonds is 2. The Balaban J connectivity index is 2.11. The minimum absolute atomic E-state index is 0.290.